The van der Waals surface area contributed by atoms with Crippen LogP contribution in [0.3, 0.4) is 0 Å². The number of nitrogens with one attached hydrogen (secondary N) is 1. The lowest BCUT2D eigenvalue weighted by molar-refractivity contribution is -0.143. The Morgan fingerprint density at radius 3 is 1.95 bits per heavy atom. The second-order valence-electron chi connectivity index (χ2n) is 6.12. The fourth-order valence-corrected chi connectivity index (χ4v) is 1.44. The molecule has 0 aromatic heterocycles. The van der Waals surface area contributed by atoms with Crippen LogP contribution in [0.15, 0.2) is 24.3 Å². The van der Waals surface area contributed by atoms with Crippen molar-refractivity contribution in [3.05, 3.63) is 29.8 Å². The van der Waals surface area contributed by atoms with Gasteiger partial charge in [-0.05, 0) is 58.9 Å². The van der Waals surface area contributed by atoms with Gasteiger partial charge in [-0.15, -0.1) is 0 Å². The van der Waals surface area contributed by atoms with E-state index in [1.54, 1.807) is 24.3 Å². The second kappa shape index (κ2) is 5.53. The average Bonchev–Trinajstić information content (AvgIpc) is 2.26. The predicted molar refractivity (Wildman–Crippen MR) is 76.0 cm³/mol. The summed E-state index contributed by atoms with van der Waals surface area (Å²) in [5.41, 5.74) is -1.23. The number of aliphatic carboxylic acids is 1. The van der Waals surface area contributed by atoms with E-state index >= 15 is 0 Å². The summed E-state index contributed by atoms with van der Waals surface area (Å²) in [7, 11) is 0. The third kappa shape index (κ3) is 4.57. The minimum Gasteiger partial charge on any atom is -0.488 e. The molecule has 0 atom stereocenters. The molecule has 0 heterocycles. The first-order valence-corrected chi connectivity index (χ1v) is 6.36. The van der Waals surface area contributed by atoms with Crippen LogP contribution in [-0.4, -0.2) is 28.1 Å². The Hall–Kier alpha value is -2.04. The van der Waals surface area contributed by atoms with Gasteiger partial charge in [-0.1, -0.05) is 0 Å². The van der Waals surface area contributed by atoms with E-state index in [4.69, 9.17) is 9.84 Å². The number of carbonyl (C=O) groups is 2. The Bertz CT molecular complexity index is 498. The molecule has 0 fully saturated rings. The number of ether oxygens (including phenoxy) is 1. The molecular weight excluding hydrogens is 258 g/mol. The van der Waals surface area contributed by atoms with E-state index in [0.29, 0.717) is 11.3 Å². The zero-order valence-corrected chi connectivity index (χ0v) is 12.5. The molecule has 0 aliphatic heterocycles. The van der Waals surface area contributed by atoms with E-state index in [9.17, 15) is 9.59 Å². The zero-order valence-electron chi connectivity index (χ0n) is 12.5. The quantitative estimate of drug-likeness (QED) is 0.887. The number of hydrogen-bond acceptors (Lipinski definition) is 3. The van der Waals surface area contributed by atoms with E-state index in [2.05, 4.69) is 5.32 Å². The number of carboxylic acids is 1. The third-order valence-corrected chi connectivity index (χ3v) is 2.50. The Morgan fingerprint density at radius 1 is 1.05 bits per heavy atom. The molecule has 0 unspecified atom stereocenters. The highest BCUT2D eigenvalue weighted by Gasteiger charge is 2.29. The van der Waals surface area contributed by atoms with Crippen molar-refractivity contribution in [2.45, 2.75) is 45.8 Å². The smallest absolute Gasteiger partial charge is 0.328 e. The Kier molecular flexibility index (Phi) is 4.43. The molecule has 110 valence electrons. The van der Waals surface area contributed by atoms with Crippen LogP contribution in [0.2, 0.25) is 0 Å². The number of carbonyl (C=O) groups excluding carboxylic acids is 1. The standard InChI is InChI=1S/C15H21NO4/c1-14(2,3)20-11-8-6-10(7-9-11)12(17)16-15(4,5)13(18)19/h6-9H,1-5H3,(H,16,17)(H,18,19). The summed E-state index contributed by atoms with van der Waals surface area (Å²) in [6, 6.07) is 6.59. The van der Waals surface area contributed by atoms with Gasteiger partial charge in [0, 0.05) is 5.56 Å². The van der Waals surface area contributed by atoms with Crippen molar-refractivity contribution in [3.8, 4) is 5.75 Å². The molecule has 1 aromatic carbocycles. The van der Waals surface area contributed by atoms with Crippen LogP contribution in [0.25, 0.3) is 0 Å². The molecule has 0 saturated carbocycles. The molecule has 5 heteroatoms. The van der Waals surface area contributed by atoms with Gasteiger partial charge in [-0.25, -0.2) is 4.79 Å². The Morgan fingerprint density at radius 2 is 1.55 bits per heavy atom. The molecule has 1 amide bonds. The lowest BCUT2D eigenvalue weighted by Gasteiger charge is -2.22. The van der Waals surface area contributed by atoms with E-state index in [-0.39, 0.29) is 5.60 Å². The van der Waals surface area contributed by atoms with Crippen molar-refractivity contribution in [2.75, 3.05) is 0 Å². The van der Waals surface area contributed by atoms with Gasteiger partial charge >= 0.3 is 5.97 Å². The predicted octanol–water partition coefficient (Wildman–Crippen LogP) is 2.46. The maximum absolute atomic E-state index is 11.9. The summed E-state index contributed by atoms with van der Waals surface area (Å²) in [6.07, 6.45) is 0. The number of carboxylic acid groups (broad SMARTS) is 1. The lowest BCUT2D eigenvalue weighted by Crippen LogP contribution is -2.49. The van der Waals surface area contributed by atoms with Crippen LogP contribution >= 0.6 is 0 Å². The molecule has 0 aliphatic carbocycles. The Balaban J connectivity index is 2.79. The van der Waals surface area contributed by atoms with Gasteiger partial charge in [0.15, 0.2) is 0 Å². The van der Waals surface area contributed by atoms with Crippen molar-refractivity contribution in [1.29, 1.82) is 0 Å². The molecule has 0 spiro atoms. The van der Waals surface area contributed by atoms with E-state index in [1.807, 2.05) is 20.8 Å². The molecule has 5 nitrogen and oxygen atoms in total. The van der Waals surface area contributed by atoms with E-state index < -0.39 is 17.4 Å². The van der Waals surface area contributed by atoms with Crippen molar-refractivity contribution in [1.82, 2.24) is 5.32 Å². The minimum atomic E-state index is -1.31. The van der Waals surface area contributed by atoms with Crippen LogP contribution in [0.5, 0.6) is 5.75 Å². The third-order valence-electron chi connectivity index (χ3n) is 2.50. The first kappa shape index (κ1) is 16.0. The summed E-state index contributed by atoms with van der Waals surface area (Å²) in [4.78, 5) is 22.9. The van der Waals surface area contributed by atoms with Crippen LogP contribution in [0, 0.1) is 0 Å². The fourth-order valence-electron chi connectivity index (χ4n) is 1.44. The second-order valence-corrected chi connectivity index (χ2v) is 6.12. The molecule has 0 saturated heterocycles. The maximum Gasteiger partial charge on any atom is 0.328 e. The molecular formula is C15H21NO4. The number of benzene rings is 1. The van der Waals surface area contributed by atoms with Crippen molar-refractivity contribution in [2.24, 2.45) is 0 Å². The normalized spacial score (nSPS) is 11.8. The first-order valence-electron chi connectivity index (χ1n) is 6.36. The summed E-state index contributed by atoms with van der Waals surface area (Å²) < 4.78 is 5.65. The molecule has 0 radical (unpaired) electrons. The van der Waals surface area contributed by atoms with Crippen LogP contribution in [0.1, 0.15) is 45.0 Å². The van der Waals surface area contributed by atoms with Gasteiger partial charge in [0.05, 0.1) is 0 Å². The molecule has 0 bridgehead atoms. The summed E-state index contributed by atoms with van der Waals surface area (Å²) in [6.45, 7) is 8.67. The summed E-state index contributed by atoms with van der Waals surface area (Å²) in [5.74, 6) is -0.857. The zero-order chi connectivity index (χ0) is 15.6. The number of hydrogen-bond donors (Lipinski definition) is 2. The monoisotopic (exact) mass is 279 g/mol. The largest absolute Gasteiger partial charge is 0.488 e. The van der Waals surface area contributed by atoms with Gasteiger partial charge in [0.2, 0.25) is 0 Å². The highest BCUT2D eigenvalue weighted by atomic mass is 16.5. The highest BCUT2D eigenvalue weighted by molar-refractivity contribution is 5.97. The lowest BCUT2D eigenvalue weighted by atomic mass is 10.1. The van der Waals surface area contributed by atoms with Crippen molar-refractivity contribution < 1.29 is 19.4 Å². The summed E-state index contributed by atoms with van der Waals surface area (Å²) in [5, 5.41) is 11.4. The average molecular weight is 279 g/mol. The van der Waals surface area contributed by atoms with Gasteiger partial charge < -0.3 is 15.2 Å². The minimum absolute atomic E-state index is 0.310. The molecule has 0 aliphatic rings. The maximum atomic E-state index is 11.9. The van der Waals surface area contributed by atoms with Gasteiger partial charge in [-0.2, -0.15) is 0 Å². The van der Waals surface area contributed by atoms with Crippen molar-refractivity contribution >= 4 is 11.9 Å². The number of amides is 1. The van der Waals surface area contributed by atoms with Crippen LogP contribution in [0.4, 0.5) is 0 Å². The van der Waals surface area contributed by atoms with Gasteiger partial charge in [-0.3, -0.25) is 4.79 Å². The highest BCUT2D eigenvalue weighted by Crippen LogP contribution is 2.18. The van der Waals surface area contributed by atoms with Crippen molar-refractivity contribution in [3.63, 3.8) is 0 Å². The Labute approximate surface area is 118 Å². The summed E-state index contributed by atoms with van der Waals surface area (Å²) >= 11 is 0. The van der Waals surface area contributed by atoms with Crippen LogP contribution in [-0.2, 0) is 4.79 Å². The molecule has 1 aromatic rings. The van der Waals surface area contributed by atoms with E-state index in [0.717, 1.165) is 0 Å². The van der Waals surface area contributed by atoms with E-state index in [1.165, 1.54) is 13.8 Å². The van der Waals surface area contributed by atoms with Crippen LogP contribution < -0.4 is 10.1 Å². The molecule has 20 heavy (non-hydrogen) atoms. The fraction of sp³-hybridized carbons (Fsp3) is 0.467. The van der Waals surface area contributed by atoms with Gasteiger partial charge in [0.25, 0.3) is 5.91 Å². The van der Waals surface area contributed by atoms with Gasteiger partial charge in [0.1, 0.15) is 16.9 Å². The number of rotatable bonds is 4. The SMILES string of the molecule is CC(C)(C)Oc1ccc(C(=O)NC(C)(C)C(=O)O)cc1. The molecule has 2 N–H and O–H groups in total. The topological polar surface area (TPSA) is 75.6 Å². The molecule has 1 rings (SSSR count). The first-order chi connectivity index (χ1) is 9.01.